The lowest BCUT2D eigenvalue weighted by Crippen LogP contribution is -2.18. The maximum absolute atomic E-state index is 11.9. The molecule has 6 nitrogen and oxygen atoms in total. The molecule has 0 aromatic heterocycles. The van der Waals surface area contributed by atoms with E-state index in [1.54, 1.807) is 19.2 Å². The fourth-order valence-electron chi connectivity index (χ4n) is 2.36. The molecule has 2 rings (SSSR count). The molecular formula is C19H22N2O4. The molecule has 0 unspecified atom stereocenters. The van der Waals surface area contributed by atoms with Gasteiger partial charge in [-0.15, -0.1) is 0 Å². The molecule has 25 heavy (non-hydrogen) atoms. The smallest absolute Gasteiger partial charge is 0.240 e. The zero-order valence-electron chi connectivity index (χ0n) is 14.6. The summed E-state index contributed by atoms with van der Waals surface area (Å²) >= 11 is 0. The fraction of sp³-hybridized carbons (Fsp3) is 0.263. The van der Waals surface area contributed by atoms with E-state index >= 15 is 0 Å². The van der Waals surface area contributed by atoms with Crippen LogP contribution in [0, 0.1) is 0 Å². The Balaban J connectivity index is 1.98. The molecule has 2 aromatic carbocycles. The first kappa shape index (κ1) is 18.3. The number of carbonyl (C=O) groups is 1. The van der Waals surface area contributed by atoms with Crippen LogP contribution >= 0.6 is 0 Å². The SMILES string of the molecule is COc1ccc(/C=N/NC(=O)CCc2ccccc2)c(OC)c1OC. The van der Waals surface area contributed by atoms with Crippen LogP contribution < -0.4 is 19.6 Å². The third-order valence-electron chi connectivity index (χ3n) is 3.61. The van der Waals surface area contributed by atoms with Crippen molar-refractivity contribution < 1.29 is 19.0 Å². The van der Waals surface area contributed by atoms with Gasteiger partial charge in [-0.2, -0.15) is 5.10 Å². The molecule has 0 aliphatic rings. The van der Waals surface area contributed by atoms with E-state index in [-0.39, 0.29) is 5.91 Å². The molecule has 132 valence electrons. The maximum atomic E-state index is 11.9. The van der Waals surface area contributed by atoms with Gasteiger partial charge in [-0.3, -0.25) is 4.79 Å². The van der Waals surface area contributed by atoms with E-state index in [0.29, 0.717) is 35.7 Å². The van der Waals surface area contributed by atoms with E-state index in [1.807, 2.05) is 30.3 Å². The summed E-state index contributed by atoms with van der Waals surface area (Å²) < 4.78 is 15.9. The van der Waals surface area contributed by atoms with Crippen molar-refractivity contribution in [2.75, 3.05) is 21.3 Å². The number of carbonyl (C=O) groups excluding carboxylic acids is 1. The highest BCUT2D eigenvalue weighted by molar-refractivity contribution is 5.87. The van der Waals surface area contributed by atoms with Gasteiger partial charge in [0.25, 0.3) is 0 Å². The Bertz CT molecular complexity index is 730. The van der Waals surface area contributed by atoms with Crippen LogP contribution in [0.25, 0.3) is 0 Å². The molecule has 0 fully saturated rings. The number of hydrazone groups is 1. The van der Waals surface area contributed by atoms with Crippen LogP contribution in [-0.2, 0) is 11.2 Å². The largest absolute Gasteiger partial charge is 0.493 e. The summed E-state index contributed by atoms with van der Waals surface area (Å²) in [6.45, 7) is 0. The summed E-state index contributed by atoms with van der Waals surface area (Å²) in [6.07, 6.45) is 2.55. The summed E-state index contributed by atoms with van der Waals surface area (Å²) in [7, 11) is 4.62. The van der Waals surface area contributed by atoms with Crippen molar-refractivity contribution in [2.24, 2.45) is 5.10 Å². The zero-order valence-corrected chi connectivity index (χ0v) is 14.6. The first-order chi connectivity index (χ1) is 12.2. The molecule has 0 bridgehead atoms. The lowest BCUT2D eigenvalue weighted by Gasteiger charge is -2.13. The van der Waals surface area contributed by atoms with Gasteiger partial charge in [0.05, 0.1) is 27.5 Å². The minimum Gasteiger partial charge on any atom is -0.493 e. The predicted octanol–water partition coefficient (Wildman–Crippen LogP) is 2.80. The van der Waals surface area contributed by atoms with Crippen molar-refractivity contribution in [1.82, 2.24) is 5.43 Å². The van der Waals surface area contributed by atoms with Crippen LogP contribution in [0.5, 0.6) is 17.2 Å². The Morgan fingerprint density at radius 2 is 1.72 bits per heavy atom. The molecule has 0 saturated carbocycles. The topological polar surface area (TPSA) is 69.2 Å². The van der Waals surface area contributed by atoms with E-state index in [9.17, 15) is 4.79 Å². The third kappa shape index (κ3) is 4.97. The number of nitrogens with one attached hydrogen (secondary N) is 1. The number of ether oxygens (including phenoxy) is 3. The Labute approximate surface area is 147 Å². The molecular weight excluding hydrogens is 320 g/mol. The normalized spacial score (nSPS) is 10.5. The number of amides is 1. The molecule has 1 amide bonds. The van der Waals surface area contributed by atoms with Gasteiger partial charge in [-0.25, -0.2) is 5.43 Å². The Morgan fingerprint density at radius 3 is 2.36 bits per heavy atom. The Hall–Kier alpha value is -3.02. The summed E-state index contributed by atoms with van der Waals surface area (Å²) in [5.41, 5.74) is 4.31. The van der Waals surface area contributed by atoms with Crippen LogP contribution in [0.15, 0.2) is 47.6 Å². The molecule has 2 aromatic rings. The van der Waals surface area contributed by atoms with Crippen molar-refractivity contribution in [3.8, 4) is 17.2 Å². The number of hydrogen-bond acceptors (Lipinski definition) is 5. The summed E-state index contributed by atoms with van der Waals surface area (Å²) in [6, 6.07) is 13.4. The van der Waals surface area contributed by atoms with Gasteiger partial charge in [0.2, 0.25) is 11.7 Å². The van der Waals surface area contributed by atoms with Gasteiger partial charge in [0, 0.05) is 12.0 Å². The average Bonchev–Trinajstić information content (AvgIpc) is 2.66. The average molecular weight is 342 g/mol. The predicted molar refractivity (Wildman–Crippen MR) is 96.6 cm³/mol. The molecule has 0 heterocycles. The minimum absolute atomic E-state index is 0.153. The van der Waals surface area contributed by atoms with E-state index in [1.165, 1.54) is 20.4 Å². The van der Waals surface area contributed by atoms with Crippen molar-refractivity contribution in [3.63, 3.8) is 0 Å². The van der Waals surface area contributed by atoms with E-state index in [0.717, 1.165) is 5.56 Å². The Kier molecular flexibility index (Phi) is 6.83. The van der Waals surface area contributed by atoms with E-state index in [2.05, 4.69) is 10.5 Å². The minimum atomic E-state index is -0.153. The number of nitrogens with zero attached hydrogens (tertiary/aromatic N) is 1. The van der Waals surface area contributed by atoms with Crippen LogP contribution in [0.1, 0.15) is 17.5 Å². The summed E-state index contributed by atoms with van der Waals surface area (Å²) in [5, 5.41) is 3.99. The van der Waals surface area contributed by atoms with Crippen molar-refractivity contribution in [1.29, 1.82) is 0 Å². The maximum Gasteiger partial charge on any atom is 0.240 e. The third-order valence-corrected chi connectivity index (χ3v) is 3.61. The van der Waals surface area contributed by atoms with Crippen molar-refractivity contribution in [3.05, 3.63) is 53.6 Å². The van der Waals surface area contributed by atoms with Crippen molar-refractivity contribution in [2.45, 2.75) is 12.8 Å². The lowest BCUT2D eigenvalue weighted by molar-refractivity contribution is -0.121. The second kappa shape index (κ2) is 9.32. The van der Waals surface area contributed by atoms with Crippen LogP contribution in [0.2, 0.25) is 0 Å². The molecule has 0 radical (unpaired) electrons. The quantitative estimate of drug-likeness (QED) is 0.592. The standard InChI is InChI=1S/C19H22N2O4/c1-23-16-11-10-15(18(24-2)19(16)25-3)13-20-21-17(22)12-9-14-7-5-4-6-8-14/h4-8,10-11,13H,9,12H2,1-3H3,(H,21,22)/b20-13+. The summed E-state index contributed by atoms with van der Waals surface area (Å²) in [4.78, 5) is 11.9. The molecule has 0 spiro atoms. The number of rotatable bonds is 8. The fourth-order valence-corrected chi connectivity index (χ4v) is 2.36. The second-order valence-corrected chi connectivity index (χ2v) is 5.20. The number of methoxy groups -OCH3 is 3. The zero-order chi connectivity index (χ0) is 18.1. The molecule has 0 aliphatic heterocycles. The lowest BCUT2D eigenvalue weighted by atomic mass is 10.1. The second-order valence-electron chi connectivity index (χ2n) is 5.20. The first-order valence-corrected chi connectivity index (χ1v) is 7.84. The highest BCUT2D eigenvalue weighted by atomic mass is 16.5. The molecule has 6 heteroatoms. The van der Waals surface area contributed by atoms with Gasteiger partial charge in [-0.1, -0.05) is 30.3 Å². The summed E-state index contributed by atoms with van der Waals surface area (Å²) in [5.74, 6) is 1.37. The molecule has 0 aliphatic carbocycles. The molecule has 1 N–H and O–H groups in total. The monoisotopic (exact) mass is 342 g/mol. The highest BCUT2D eigenvalue weighted by Crippen LogP contribution is 2.38. The van der Waals surface area contributed by atoms with E-state index in [4.69, 9.17) is 14.2 Å². The van der Waals surface area contributed by atoms with E-state index < -0.39 is 0 Å². The first-order valence-electron chi connectivity index (χ1n) is 7.84. The van der Waals surface area contributed by atoms with Gasteiger partial charge in [-0.05, 0) is 24.1 Å². The molecule has 0 atom stereocenters. The van der Waals surface area contributed by atoms with Crippen molar-refractivity contribution >= 4 is 12.1 Å². The van der Waals surface area contributed by atoms with Gasteiger partial charge in [0.15, 0.2) is 11.5 Å². The van der Waals surface area contributed by atoms with Crippen LogP contribution in [0.3, 0.4) is 0 Å². The number of aryl methyl sites for hydroxylation is 1. The van der Waals surface area contributed by atoms with Crippen LogP contribution in [0.4, 0.5) is 0 Å². The molecule has 0 saturated heterocycles. The van der Waals surface area contributed by atoms with Gasteiger partial charge >= 0.3 is 0 Å². The number of hydrogen-bond donors (Lipinski definition) is 1. The number of benzene rings is 2. The van der Waals surface area contributed by atoms with Gasteiger partial charge < -0.3 is 14.2 Å². The van der Waals surface area contributed by atoms with Crippen LogP contribution in [-0.4, -0.2) is 33.5 Å². The Morgan fingerprint density at radius 1 is 1.00 bits per heavy atom. The highest BCUT2D eigenvalue weighted by Gasteiger charge is 2.14. The van der Waals surface area contributed by atoms with Gasteiger partial charge in [0.1, 0.15) is 0 Å².